The van der Waals surface area contributed by atoms with E-state index in [1.54, 1.807) is 0 Å². The molecule has 1 aromatic rings. The minimum absolute atomic E-state index is 0.0187. The average molecular weight is 280 g/mol. The van der Waals surface area contributed by atoms with Gasteiger partial charge in [-0.25, -0.2) is 4.39 Å². The minimum atomic E-state index is -0.411. The monoisotopic (exact) mass is 280 g/mol. The van der Waals surface area contributed by atoms with Gasteiger partial charge < -0.3 is 4.90 Å². The van der Waals surface area contributed by atoms with E-state index < -0.39 is 5.82 Å². The first-order valence-corrected chi connectivity index (χ1v) is 7.47. The molecule has 4 heteroatoms. The highest BCUT2D eigenvalue weighted by Gasteiger charge is 2.14. The van der Waals surface area contributed by atoms with Crippen LogP contribution in [0.25, 0.3) is 0 Å². The van der Waals surface area contributed by atoms with Gasteiger partial charge in [-0.2, -0.15) is 0 Å². The van der Waals surface area contributed by atoms with Crippen LogP contribution in [0.4, 0.5) is 4.39 Å². The highest BCUT2D eigenvalue weighted by Crippen LogP contribution is 2.09. The molecule has 0 bridgehead atoms. The fraction of sp³-hybridized carbons (Fsp3) is 0.625. The van der Waals surface area contributed by atoms with Gasteiger partial charge in [0.2, 0.25) is 0 Å². The van der Waals surface area contributed by atoms with Gasteiger partial charge in [0.1, 0.15) is 11.5 Å². The van der Waals surface area contributed by atoms with Crippen molar-refractivity contribution in [3.8, 4) is 0 Å². The van der Waals surface area contributed by atoms with Crippen molar-refractivity contribution < 1.29 is 9.18 Å². The summed E-state index contributed by atoms with van der Waals surface area (Å²) in [5.74, 6) is -0.430. The molecular weight excluding hydrogens is 255 g/mol. The molecule has 1 heterocycles. The lowest BCUT2D eigenvalue weighted by Crippen LogP contribution is -2.35. The largest absolute Gasteiger partial charge is 0.300 e. The second kappa shape index (κ2) is 8.80. The first kappa shape index (κ1) is 16.8. The number of aromatic nitrogens is 1. The third-order valence-corrected chi connectivity index (χ3v) is 3.65. The number of rotatable bonds is 9. The van der Waals surface area contributed by atoms with Gasteiger partial charge in [-0.15, -0.1) is 0 Å². The van der Waals surface area contributed by atoms with Gasteiger partial charge in [0.05, 0.1) is 6.20 Å². The highest BCUT2D eigenvalue weighted by molar-refractivity contribution is 5.94. The molecule has 3 nitrogen and oxygen atoms in total. The lowest BCUT2D eigenvalue weighted by molar-refractivity contribution is 0.0946. The van der Waals surface area contributed by atoms with Crippen molar-refractivity contribution in [2.45, 2.75) is 52.5 Å². The Morgan fingerprint density at radius 3 is 2.65 bits per heavy atom. The Morgan fingerprint density at radius 1 is 1.35 bits per heavy atom. The second-order valence-corrected chi connectivity index (χ2v) is 5.18. The number of ketones is 1. The molecule has 0 amide bonds. The van der Waals surface area contributed by atoms with Crippen LogP contribution in [0.15, 0.2) is 18.3 Å². The van der Waals surface area contributed by atoms with Crippen molar-refractivity contribution in [2.75, 3.05) is 13.1 Å². The molecule has 0 aliphatic carbocycles. The van der Waals surface area contributed by atoms with Crippen molar-refractivity contribution in [3.63, 3.8) is 0 Å². The van der Waals surface area contributed by atoms with E-state index in [1.807, 2.05) is 0 Å². The number of hydrogen-bond acceptors (Lipinski definition) is 3. The van der Waals surface area contributed by atoms with Gasteiger partial charge in [0, 0.05) is 19.0 Å². The maximum atomic E-state index is 12.8. The summed E-state index contributed by atoms with van der Waals surface area (Å²) in [5, 5.41) is 0. The fourth-order valence-electron chi connectivity index (χ4n) is 2.09. The zero-order valence-corrected chi connectivity index (χ0v) is 12.7. The number of pyridine rings is 1. The molecule has 0 fully saturated rings. The van der Waals surface area contributed by atoms with Crippen LogP contribution in [-0.4, -0.2) is 34.8 Å². The Bertz CT molecular complexity index is 405. The fourth-order valence-corrected chi connectivity index (χ4v) is 2.09. The van der Waals surface area contributed by atoms with Crippen LogP contribution in [0.5, 0.6) is 0 Å². The molecule has 0 saturated carbocycles. The van der Waals surface area contributed by atoms with E-state index >= 15 is 0 Å². The maximum absolute atomic E-state index is 12.8. The third-order valence-electron chi connectivity index (χ3n) is 3.65. The van der Waals surface area contributed by atoms with Gasteiger partial charge in [-0.05, 0) is 38.4 Å². The minimum Gasteiger partial charge on any atom is -0.300 e. The lowest BCUT2D eigenvalue weighted by Gasteiger charge is -2.28. The number of carbonyl (C=O) groups excluding carboxylic acids is 1. The molecule has 1 rings (SSSR count). The molecule has 0 saturated heterocycles. The molecule has 0 radical (unpaired) electrons. The van der Waals surface area contributed by atoms with Crippen LogP contribution in [0.2, 0.25) is 0 Å². The summed E-state index contributed by atoms with van der Waals surface area (Å²) in [6, 6.07) is 3.22. The number of Topliss-reactive ketones (excluding diaryl/α,β-unsaturated/α-hetero) is 1. The molecule has 0 spiro atoms. The molecule has 112 valence electrons. The predicted molar refractivity (Wildman–Crippen MR) is 79.4 cm³/mol. The second-order valence-electron chi connectivity index (χ2n) is 5.18. The molecule has 1 unspecified atom stereocenters. The zero-order valence-electron chi connectivity index (χ0n) is 12.7. The van der Waals surface area contributed by atoms with E-state index in [-0.39, 0.29) is 5.78 Å². The van der Waals surface area contributed by atoms with Crippen LogP contribution in [0.3, 0.4) is 0 Å². The summed E-state index contributed by atoms with van der Waals surface area (Å²) < 4.78 is 12.8. The molecule has 1 atom stereocenters. The summed E-state index contributed by atoms with van der Waals surface area (Å²) >= 11 is 0. The van der Waals surface area contributed by atoms with Crippen molar-refractivity contribution >= 4 is 5.78 Å². The number of carbonyl (C=O) groups is 1. The van der Waals surface area contributed by atoms with Crippen molar-refractivity contribution in [1.82, 2.24) is 9.88 Å². The summed E-state index contributed by atoms with van der Waals surface area (Å²) in [7, 11) is 0. The van der Waals surface area contributed by atoms with Gasteiger partial charge in [-0.3, -0.25) is 9.78 Å². The Morgan fingerprint density at radius 2 is 2.10 bits per heavy atom. The SMILES string of the molecule is CCCCN(CCC(=O)c1ccc(F)cn1)C(C)CC. The van der Waals surface area contributed by atoms with Gasteiger partial charge in [0.25, 0.3) is 0 Å². The molecule has 0 aromatic carbocycles. The normalized spacial score (nSPS) is 12.7. The van der Waals surface area contributed by atoms with E-state index in [4.69, 9.17) is 0 Å². The van der Waals surface area contributed by atoms with Gasteiger partial charge >= 0.3 is 0 Å². The smallest absolute Gasteiger partial charge is 0.182 e. The number of hydrogen-bond donors (Lipinski definition) is 0. The first-order chi connectivity index (χ1) is 9.58. The van der Waals surface area contributed by atoms with Crippen LogP contribution in [0.1, 0.15) is 56.9 Å². The Hall–Kier alpha value is -1.29. The van der Waals surface area contributed by atoms with Gasteiger partial charge in [0.15, 0.2) is 5.78 Å². The summed E-state index contributed by atoms with van der Waals surface area (Å²) in [5.41, 5.74) is 0.353. The van der Waals surface area contributed by atoms with E-state index in [0.717, 1.165) is 38.5 Å². The van der Waals surface area contributed by atoms with Crippen molar-refractivity contribution in [3.05, 3.63) is 29.8 Å². The summed E-state index contributed by atoms with van der Waals surface area (Å²) in [4.78, 5) is 18.2. The molecular formula is C16H25FN2O. The molecule has 0 aliphatic heterocycles. The van der Waals surface area contributed by atoms with Gasteiger partial charge in [-0.1, -0.05) is 20.3 Å². The van der Waals surface area contributed by atoms with E-state index in [2.05, 4.69) is 30.7 Å². The Kier molecular flexibility index (Phi) is 7.37. The molecule has 0 aliphatic rings. The van der Waals surface area contributed by atoms with Crippen molar-refractivity contribution in [1.29, 1.82) is 0 Å². The lowest BCUT2D eigenvalue weighted by atomic mass is 10.1. The maximum Gasteiger partial charge on any atom is 0.182 e. The number of nitrogens with zero attached hydrogens (tertiary/aromatic N) is 2. The zero-order chi connectivity index (χ0) is 15.0. The van der Waals surface area contributed by atoms with Crippen LogP contribution in [-0.2, 0) is 0 Å². The molecule has 20 heavy (non-hydrogen) atoms. The third kappa shape index (κ3) is 5.37. The average Bonchev–Trinajstić information content (AvgIpc) is 2.47. The van der Waals surface area contributed by atoms with Crippen LogP contribution in [0, 0.1) is 5.82 Å². The standard InChI is InChI=1S/C16H25FN2O/c1-4-6-10-19(13(3)5-2)11-9-16(20)15-8-7-14(17)12-18-15/h7-8,12-13H,4-6,9-11H2,1-3H3. The number of halogens is 1. The molecule has 1 aromatic heterocycles. The van der Waals surface area contributed by atoms with Crippen LogP contribution >= 0.6 is 0 Å². The Labute approximate surface area is 121 Å². The van der Waals surface area contributed by atoms with Crippen molar-refractivity contribution in [2.24, 2.45) is 0 Å². The first-order valence-electron chi connectivity index (χ1n) is 7.47. The topological polar surface area (TPSA) is 33.2 Å². The predicted octanol–water partition coefficient (Wildman–Crippen LogP) is 3.69. The molecule has 0 N–H and O–H groups in total. The summed E-state index contributed by atoms with van der Waals surface area (Å²) in [6.45, 7) is 8.29. The van der Waals surface area contributed by atoms with Crippen LogP contribution < -0.4 is 0 Å². The highest BCUT2D eigenvalue weighted by atomic mass is 19.1. The van der Waals surface area contributed by atoms with E-state index in [0.29, 0.717) is 18.2 Å². The quantitative estimate of drug-likeness (QED) is 0.647. The summed E-state index contributed by atoms with van der Waals surface area (Å²) in [6.07, 6.45) is 4.91. The number of unbranched alkanes of at least 4 members (excludes halogenated alkanes) is 1. The van der Waals surface area contributed by atoms with E-state index in [9.17, 15) is 9.18 Å². The Balaban J connectivity index is 2.53. The van der Waals surface area contributed by atoms with E-state index in [1.165, 1.54) is 12.1 Å².